The third kappa shape index (κ3) is 2.74. The Balaban J connectivity index is 2.11. The van der Waals surface area contributed by atoms with Crippen LogP contribution in [0.3, 0.4) is 0 Å². The van der Waals surface area contributed by atoms with Crippen LogP contribution in [-0.4, -0.2) is 15.3 Å². The summed E-state index contributed by atoms with van der Waals surface area (Å²) in [4.78, 5) is 0. The van der Waals surface area contributed by atoms with Gasteiger partial charge in [-0.15, -0.1) is 0 Å². The van der Waals surface area contributed by atoms with E-state index in [-0.39, 0.29) is 17.2 Å². The summed E-state index contributed by atoms with van der Waals surface area (Å²) >= 11 is 0. The van der Waals surface area contributed by atoms with Gasteiger partial charge in [0.25, 0.3) is 0 Å². The highest BCUT2D eigenvalue weighted by Crippen LogP contribution is 2.24. The minimum Gasteiger partial charge on any atom is -0.508 e. The Morgan fingerprint density at radius 3 is 2.17 bits per heavy atom. The zero-order valence-electron chi connectivity index (χ0n) is 9.80. The van der Waals surface area contributed by atoms with Crippen molar-refractivity contribution in [3.63, 3.8) is 0 Å². The van der Waals surface area contributed by atoms with Crippen LogP contribution in [0.2, 0.25) is 0 Å². The molecule has 1 unspecified atom stereocenters. The predicted octanol–water partition coefficient (Wildman–Crippen LogP) is 2.09. The van der Waals surface area contributed by atoms with Crippen molar-refractivity contribution in [2.75, 3.05) is 0 Å². The van der Waals surface area contributed by atoms with Gasteiger partial charge in [-0.1, -0.05) is 27.4 Å². The van der Waals surface area contributed by atoms with Crippen molar-refractivity contribution in [3.05, 3.63) is 47.5 Å². The van der Waals surface area contributed by atoms with Crippen LogP contribution >= 0.6 is 9.24 Å². The lowest BCUT2D eigenvalue weighted by molar-refractivity contribution is 0.454. The summed E-state index contributed by atoms with van der Waals surface area (Å²) in [5.74, 6) is 0.447. The molecular formula is C14H15O3P. The van der Waals surface area contributed by atoms with Crippen molar-refractivity contribution in [2.24, 2.45) is 0 Å². The van der Waals surface area contributed by atoms with Crippen molar-refractivity contribution >= 4 is 14.5 Å². The molecule has 0 heterocycles. The van der Waals surface area contributed by atoms with Crippen molar-refractivity contribution < 1.29 is 15.3 Å². The lowest BCUT2D eigenvalue weighted by Gasteiger charge is -2.08. The van der Waals surface area contributed by atoms with Gasteiger partial charge in [-0.25, -0.2) is 0 Å². The molecule has 0 amide bonds. The van der Waals surface area contributed by atoms with Crippen LogP contribution in [0.4, 0.5) is 0 Å². The molecule has 4 heteroatoms. The molecule has 2 rings (SSSR count). The number of phenols is 3. The molecular weight excluding hydrogens is 247 g/mol. The van der Waals surface area contributed by atoms with E-state index in [1.54, 1.807) is 24.3 Å². The molecule has 0 saturated heterocycles. The van der Waals surface area contributed by atoms with Crippen molar-refractivity contribution in [1.82, 2.24) is 0 Å². The Morgan fingerprint density at radius 1 is 0.833 bits per heavy atom. The van der Waals surface area contributed by atoms with E-state index in [4.69, 9.17) is 0 Å². The molecule has 0 aliphatic carbocycles. The fraction of sp³-hybridized carbons (Fsp3) is 0.143. The predicted molar refractivity (Wildman–Crippen MR) is 74.6 cm³/mol. The molecule has 0 saturated carbocycles. The van der Waals surface area contributed by atoms with E-state index in [2.05, 4.69) is 9.24 Å². The highest BCUT2D eigenvalue weighted by Gasteiger charge is 2.08. The Hall–Kier alpha value is -1.73. The van der Waals surface area contributed by atoms with Gasteiger partial charge < -0.3 is 15.3 Å². The van der Waals surface area contributed by atoms with E-state index in [1.807, 2.05) is 12.1 Å². The molecule has 94 valence electrons. The van der Waals surface area contributed by atoms with Crippen LogP contribution in [-0.2, 0) is 12.8 Å². The topological polar surface area (TPSA) is 60.7 Å². The molecule has 0 fully saturated rings. The fourth-order valence-electron chi connectivity index (χ4n) is 1.79. The first-order chi connectivity index (χ1) is 8.58. The SMILES string of the molecule is Oc1ccc(CCc2ccc(O)c(P)c2O)cc1. The highest BCUT2D eigenvalue weighted by atomic mass is 31.0. The maximum absolute atomic E-state index is 9.88. The number of hydrogen-bond donors (Lipinski definition) is 3. The fourth-order valence-corrected chi connectivity index (χ4v) is 2.07. The molecule has 3 N–H and O–H groups in total. The van der Waals surface area contributed by atoms with Gasteiger partial charge in [0.1, 0.15) is 17.2 Å². The van der Waals surface area contributed by atoms with E-state index in [0.29, 0.717) is 11.7 Å². The molecule has 2 aromatic carbocycles. The van der Waals surface area contributed by atoms with E-state index in [1.165, 1.54) is 0 Å². The van der Waals surface area contributed by atoms with Gasteiger partial charge in [0.2, 0.25) is 0 Å². The summed E-state index contributed by atoms with van der Waals surface area (Å²) < 4.78 is 0. The first-order valence-corrected chi connectivity index (χ1v) is 6.23. The zero-order valence-corrected chi connectivity index (χ0v) is 11.0. The van der Waals surface area contributed by atoms with Gasteiger partial charge in [-0.05, 0) is 42.2 Å². The number of rotatable bonds is 3. The summed E-state index contributed by atoms with van der Waals surface area (Å²) in [5, 5.41) is 28.9. The molecule has 2 aromatic rings. The molecule has 18 heavy (non-hydrogen) atoms. The monoisotopic (exact) mass is 262 g/mol. The number of aromatic hydroxyl groups is 3. The summed E-state index contributed by atoms with van der Waals surface area (Å²) in [6.45, 7) is 0. The summed E-state index contributed by atoms with van der Waals surface area (Å²) in [5.41, 5.74) is 1.89. The average molecular weight is 262 g/mol. The maximum atomic E-state index is 9.88. The molecule has 1 atom stereocenters. The molecule has 3 nitrogen and oxygen atoms in total. The molecule has 0 aromatic heterocycles. The second-order valence-corrected chi connectivity index (χ2v) is 4.75. The number of benzene rings is 2. The smallest absolute Gasteiger partial charge is 0.129 e. The van der Waals surface area contributed by atoms with Crippen molar-refractivity contribution in [1.29, 1.82) is 0 Å². The highest BCUT2D eigenvalue weighted by molar-refractivity contribution is 7.28. The minimum absolute atomic E-state index is 0.0749. The first kappa shape index (κ1) is 12.7. The van der Waals surface area contributed by atoms with E-state index < -0.39 is 0 Å². The molecule has 0 radical (unpaired) electrons. The Morgan fingerprint density at radius 2 is 1.50 bits per heavy atom. The zero-order chi connectivity index (χ0) is 13.1. The van der Waals surface area contributed by atoms with Gasteiger partial charge >= 0.3 is 0 Å². The second-order valence-electron chi connectivity index (χ2n) is 4.17. The van der Waals surface area contributed by atoms with Gasteiger partial charge in [-0.2, -0.15) is 0 Å². The third-order valence-electron chi connectivity index (χ3n) is 2.90. The largest absolute Gasteiger partial charge is 0.508 e. The normalized spacial score (nSPS) is 10.5. The van der Waals surface area contributed by atoms with Crippen LogP contribution in [0.5, 0.6) is 17.2 Å². The van der Waals surface area contributed by atoms with E-state index in [0.717, 1.165) is 17.5 Å². The van der Waals surface area contributed by atoms with Gasteiger partial charge in [-0.3, -0.25) is 0 Å². The molecule has 0 spiro atoms. The molecule has 0 aliphatic rings. The van der Waals surface area contributed by atoms with Crippen LogP contribution in [0.15, 0.2) is 36.4 Å². The average Bonchev–Trinajstić information content (AvgIpc) is 2.37. The standard InChI is InChI=1S/C14H15O3P/c15-11-6-2-9(3-7-11)1-4-10-5-8-12(16)14(18)13(10)17/h2-3,5-8,15-17H,1,4,18H2. The van der Waals surface area contributed by atoms with E-state index in [9.17, 15) is 15.3 Å². The first-order valence-electron chi connectivity index (χ1n) is 5.65. The Labute approximate surface area is 108 Å². The van der Waals surface area contributed by atoms with Crippen LogP contribution in [0.25, 0.3) is 0 Å². The molecule has 0 aliphatic heterocycles. The number of phenolic OH excluding ortho intramolecular Hbond substituents is 3. The van der Waals surface area contributed by atoms with Crippen molar-refractivity contribution in [2.45, 2.75) is 12.8 Å². The second kappa shape index (κ2) is 5.28. The summed E-state index contributed by atoms with van der Waals surface area (Å²) in [7, 11) is 2.33. The van der Waals surface area contributed by atoms with Gasteiger partial charge in [0.05, 0.1) is 5.30 Å². The number of aryl methyl sites for hydroxylation is 2. The Kier molecular flexibility index (Phi) is 3.73. The van der Waals surface area contributed by atoms with Crippen molar-refractivity contribution in [3.8, 4) is 17.2 Å². The van der Waals surface area contributed by atoms with Gasteiger partial charge in [0.15, 0.2) is 0 Å². The summed E-state index contributed by atoms with van der Waals surface area (Å²) in [6.07, 6.45) is 1.45. The van der Waals surface area contributed by atoms with Crippen LogP contribution in [0.1, 0.15) is 11.1 Å². The minimum atomic E-state index is 0.0749. The molecule has 0 bridgehead atoms. The van der Waals surface area contributed by atoms with Crippen LogP contribution < -0.4 is 5.30 Å². The quantitative estimate of drug-likeness (QED) is 0.742. The lowest BCUT2D eigenvalue weighted by atomic mass is 10.0. The summed E-state index contributed by atoms with van der Waals surface area (Å²) in [6, 6.07) is 10.3. The van der Waals surface area contributed by atoms with Gasteiger partial charge in [0, 0.05) is 0 Å². The maximum Gasteiger partial charge on any atom is 0.129 e. The lowest BCUT2D eigenvalue weighted by Crippen LogP contribution is -1.99. The Bertz CT molecular complexity index is 550. The third-order valence-corrected chi connectivity index (χ3v) is 3.47. The van der Waals surface area contributed by atoms with E-state index >= 15 is 0 Å². The van der Waals surface area contributed by atoms with Crippen LogP contribution in [0, 0.1) is 0 Å². The number of hydrogen-bond acceptors (Lipinski definition) is 3.